The number of hydrazone groups is 1. The van der Waals surface area contributed by atoms with Crippen LogP contribution in [0.25, 0.3) is 0 Å². The van der Waals surface area contributed by atoms with Gasteiger partial charge in [-0.3, -0.25) is 19.7 Å². The number of nitro groups is 1. The zero-order valence-electron chi connectivity index (χ0n) is 13.4. The van der Waals surface area contributed by atoms with E-state index in [1.54, 1.807) is 13.0 Å². The van der Waals surface area contributed by atoms with E-state index in [1.165, 1.54) is 24.4 Å². The number of benzene rings is 2. The zero-order valence-corrected chi connectivity index (χ0v) is 13.4. The number of nitrogens with zero attached hydrogens (tertiary/aromatic N) is 2. The van der Waals surface area contributed by atoms with Crippen LogP contribution in [0.3, 0.4) is 0 Å². The van der Waals surface area contributed by atoms with Gasteiger partial charge in [0, 0.05) is 17.7 Å². The highest BCUT2D eigenvalue weighted by atomic mass is 16.6. The molecule has 0 saturated carbocycles. The molecular weight excluding hydrogens is 324 g/mol. The number of nitrogens with one attached hydrogen (secondary N) is 2. The van der Waals surface area contributed by atoms with Gasteiger partial charge in [0.15, 0.2) is 0 Å². The number of carbonyl (C=O) groups is 2. The maximum atomic E-state index is 11.8. The second-order valence-corrected chi connectivity index (χ2v) is 5.16. The van der Waals surface area contributed by atoms with Gasteiger partial charge in [0.1, 0.15) is 0 Å². The van der Waals surface area contributed by atoms with E-state index in [-0.39, 0.29) is 11.7 Å². The first-order chi connectivity index (χ1) is 12.0. The number of non-ortho nitro benzene ring substituents is 1. The summed E-state index contributed by atoms with van der Waals surface area (Å²) in [4.78, 5) is 33.7. The first-order valence-electron chi connectivity index (χ1n) is 7.40. The van der Waals surface area contributed by atoms with Gasteiger partial charge in [-0.05, 0) is 12.5 Å². The van der Waals surface area contributed by atoms with Crippen molar-refractivity contribution in [3.8, 4) is 0 Å². The Morgan fingerprint density at radius 2 is 1.84 bits per heavy atom. The smallest absolute Gasteiger partial charge is 0.329 e. The molecule has 2 rings (SSSR count). The minimum Gasteiger partial charge on any atom is -0.341 e. The quantitative estimate of drug-likeness (QED) is 0.374. The minimum atomic E-state index is -0.926. The van der Waals surface area contributed by atoms with Crippen LogP contribution >= 0.6 is 0 Å². The highest BCUT2D eigenvalue weighted by molar-refractivity contribution is 6.35. The van der Waals surface area contributed by atoms with Gasteiger partial charge >= 0.3 is 11.8 Å². The molecule has 25 heavy (non-hydrogen) atoms. The fourth-order valence-corrected chi connectivity index (χ4v) is 2.02. The van der Waals surface area contributed by atoms with Gasteiger partial charge in [-0.1, -0.05) is 42.5 Å². The molecule has 0 spiro atoms. The predicted octanol–water partition coefficient (Wildman–Crippen LogP) is 1.92. The maximum Gasteiger partial charge on any atom is 0.329 e. The van der Waals surface area contributed by atoms with Gasteiger partial charge in [-0.15, -0.1) is 0 Å². The summed E-state index contributed by atoms with van der Waals surface area (Å²) in [6, 6.07) is 14.6. The van der Waals surface area contributed by atoms with E-state index < -0.39 is 16.7 Å². The van der Waals surface area contributed by atoms with Crippen molar-refractivity contribution in [2.75, 3.05) is 0 Å². The third-order valence-electron chi connectivity index (χ3n) is 3.31. The molecule has 2 aromatic rings. The fourth-order valence-electron chi connectivity index (χ4n) is 2.02. The Labute approximate surface area is 143 Å². The fraction of sp³-hybridized carbons (Fsp3) is 0.118. The van der Waals surface area contributed by atoms with Crippen molar-refractivity contribution in [3.05, 3.63) is 75.8 Å². The lowest BCUT2D eigenvalue weighted by Crippen LogP contribution is -2.39. The third-order valence-corrected chi connectivity index (χ3v) is 3.31. The first-order valence-corrected chi connectivity index (χ1v) is 7.40. The molecule has 0 aromatic heterocycles. The van der Waals surface area contributed by atoms with Crippen LogP contribution in [0.5, 0.6) is 0 Å². The summed E-state index contributed by atoms with van der Waals surface area (Å²) in [5, 5.41) is 16.9. The van der Waals surface area contributed by atoms with Crippen LogP contribution in [-0.2, 0) is 9.59 Å². The highest BCUT2D eigenvalue weighted by Crippen LogP contribution is 2.12. The predicted molar refractivity (Wildman–Crippen MR) is 91.8 cm³/mol. The number of hydrogen-bond donors (Lipinski definition) is 2. The third kappa shape index (κ3) is 5.24. The van der Waals surface area contributed by atoms with Crippen molar-refractivity contribution < 1.29 is 14.5 Å². The summed E-state index contributed by atoms with van der Waals surface area (Å²) in [5.41, 5.74) is 3.28. The number of amides is 2. The molecule has 2 amide bonds. The molecule has 1 atom stereocenters. The second kappa shape index (κ2) is 8.34. The summed E-state index contributed by atoms with van der Waals surface area (Å²) in [6.45, 7) is 1.76. The normalized spacial score (nSPS) is 11.7. The Kier molecular flexibility index (Phi) is 5.94. The van der Waals surface area contributed by atoms with Crippen LogP contribution in [0.4, 0.5) is 5.69 Å². The van der Waals surface area contributed by atoms with Crippen LogP contribution in [0, 0.1) is 10.1 Å². The number of rotatable bonds is 5. The van der Waals surface area contributed by atoms with Gasteiger partial charge in [-0.25, -0.2) is 5.43 Å². The van der Waals surface area contributed by atoms with Crippen LogP contribution in [-0.4, -0.2) is 23.0 Å². The molecule has 128 valence electrons. The Morgan fingerprint density at radius 3 is 2.52 bits per heavy atom. The van der Waals surface area contributed by atoms with Crippen molar-refractivity contribution in [1.82, 2.24) is 10.7 Å². The Morgan fingerprint density at radius 1 is 1.12 bits per heavy atom. The van der Waals surface area contributed by atoms with Gasteiger partial charge in [0.25, 0.3) is 5.69 Å². The summed E-state index contributed by atoms with van der Waals surface area (Å²) < 4.78 is 0. The molecule has 0 unspecified atom stereocenters. The summed E-state index contributed by atoms with van der Waals surface area (Å²) in [5.74, 6) is -1.75. The SMILES string of the molecule is C[C@H](NC(=O)C(=O)NN=Cc1cccc([N+](=O)[O-])c1)c1ccccc1. The molecule has 0 aliphatic rings. The average molecular weight is 340 g/mol. The van der Waals surface area contributed by atoms with Crippen molar-refractivity contribution in [2.45, 2.75) is 13.0 Å². The van der Waals surface area contributed by atoms with Crippen LogP contribution in [0.1, 0.15) is 24.1 Å². The molecule has 0 aliphatic carbocycles. The van der Waals surface area contributed by atoms with Crippen molar-refractivity contribution >= 4 is 23.7 Å². The van der Waals surface area contributed by atoms with Crippen LogP contribution in [0.15, 0.2) is 59.7 Å². The van der Waals surface area contributed by atoms with Gasteiger partial charge < -0.3 is 5.32 Å². The number of hydrogen-bond acceptors (Lipinski definition) is 5. The van der Waals surface area contributed by atoms with Crippen molar-refractivity contribution in [1.29, 1.82) is 0 Å². The molecule has 0 heterocycles. The van der Waals surface area contributed by atoms with Crippen LogP contribution in [0.2, 0.25) is 0 Å². The minimum absolute atomic E-state index is 0.0929. The monoisotopic (exact) mass is 340 g/mol. The lowest BCUT2D eigenvalue weighted by atomic mass is 10.1. The zero-order chi connectivity index (χ0) is 18.2. The average Bonchev–Trinajstić information content (AvgIpc) is 2.62. The summed E-state index contributed by atoms with van der Waals surface area (Å²) in [7, 11) is 0. The van der Waals surface area contributed by atoms with E-state index in [1.807, 2.05) is 30.3 Å². The maximum absolute atomic E-state index is 11.8. The lowest BCUT2D eigenvalue weighted by molar-refractivity contribution is -0.384. The standard InChI is InChI=1S/C17H16N4O4/c1-12(14-7-3-2-4-8-14)19-16(22)17(23)20-18-11-13-6-5-9-15(10-13)21(24)25/h2-12H,1H3,(H,19,22)(H,20,23)/t12-/m0/s1. The van der Waals surface area contributed by atoms with Gasteiger partial charge in [0.2, 0.25) is 0 Å². The first kappa shape index (κ1) is 17.8. The molecule has 8 heteroatoms. The van der Waals surface area contributed by atoms with E-state index in [4.69, 9.17) is 0 Å². The molecule has 0 bridgehead atoms. The van der Waals surface area contributed by atoms with Crippen molar-refractivity contribution in [3.63, 3.8) is 0 Å². The molecule has 2 aromatic carbocycles. The van der Waals surface area contributed by atoms with Gasteiger partial charge in [-0.2, -0.15) is 5.10 Å². The van der Waals surface area contributed by atoms with E-state index in [0.717, 1.165) is 5.56 Å². The van der Waals surface area contributed by atoms with Crippen molar-refractivity contribution in [2.24, 2.45) is 5.10 Å². The Balaban J connectivity index is 1.90. The Bertz CT molecular complexity index is 805. The molecule has 0 aliphatic heterocycles. The summed E-state index contributed by atoms with van der Waals surface area (Å²) in [6.07, 6.45) is 1.22. The van der Waals surface area contributed by atoms with Gasteiger partial charge in [0.05, 0.1) is 17.2 Å². The van der Waals surface area contributed by atoms with E-state index in [2.05, 4.69) is 15.8 Å². The largest absolute Gasteiger partial charge is 0.341 e. The second-order valence-electron chi connectivity index (χ2n) is 5.16. The molecule has 0 saturated heterocycles. The Hall–Kier alpha value is -3.55. The summed E-state index contributed by atoms with van der Waals surface area (Å²) >= 11 is 0. The molecule has 8 nitrogen and oxygen atoms in total. The van der Waals surface area contributed by atoms with E-state index in [0.29, 0.717) is 5.56 Å². The number of nitro benzene ring substituents is 1. The van der Waals surface area contributed by atoms with E-state index in [9.17, 15) is 19.7 Å². The molecular formula is C17H16N4O4. The van der Waals surface area contributed by atoms with E-state index >= 15 is 0 Å². The highest BCUT2D eigenvalue weighted by Gasteiger charge is 2.16. The molecule has 0 radical (unpaired) electrons. The molecule has 2 N–H and O–H groups in total. The van der Waals surface area contributed by atoms with Crippen LogP contribution < -0.4 is 10.7 Å². The topological polar surface area (TPSA) is 114 Å². The lowest BCUT2D eigenvalue weighted by Gasteiger charge is -2.13. The number of carbonyl (C=O) groups excluding carboxylic acids is 2. The molecule has 0 fully saturated rings.